The number of ether oxygens (including phenoxy) is 4. The van der Waals surface area contributed by atoms with Gasteiger partial charge in [-0.2, -0.15) is 10.5 Å². The average Bonchev–Trinajstić information content (AvgIpc) is 4.13. The van der Waals surface area contributed by atoms with Gasteiger partial charge in [0.15, 0.2) is 40.3 Å². The summed E-state index contributed by atoms with van der Waals surface area (Å²) in [4.78, 5) is 39.2. The smallest absolute Gasteiger partial charge is 0.231 e. The second kappa shape index (κ2) is 35.6. The first-order valence-electron chi connectivity index (χ1n) is 25.8. The Morgan fingerprint density at radius 2 is 0.774 bits per heavy atom. The molecule has 0 amide bonds. The van der Waals surface area contributed by atoms with Gasteiger partial charge in [-0.05, 0) is 88.0 Å². The van der Waals surface area contributed by atoms with E-state index in [9.17, 15) is 24.9 Å². The molecule has 0 saturated heterocycles. The Morgan fingerprint density at radius 3 is 1.10 bits per heavy atom. The van der Waals surface area contributed by atoms with E-state index in [0.29, 0.717) is 56.4 Å². The van der Waals surface area contributed by atoms with Crippen molar-refractivity contribution in [3.8, 4) is 35.1 Å². The van der Waals surface area contributed by atoms with Crippen molar-refractivity contribution in [2.24, 2.45) is 0 Å². The molecule has 84 heavy (non-hydrogen) atoms. The fourth-order valence-electron chi connectivity index (χ4n) is 7.68. The molecule has 1 N–H and O–H groups in total. The molecule has 1 aliphatic rings. The van der Waals surface area contributed by atoms with Gasteiger partial charge in [-0.3, -0.25) is 19.4 Å². The van der Waals surface area contributed by atoms with E-state index in [-0.39, 0.29) is 65.0 Å². The zero-order valence-electron chi connectivity index (χ0n) is 45.7. The van der Waals surface area contributed by atoms with Gasteiger partial charge in [-0.25, -0.2) is 0 Å². The molecule has 0 atom stereocenters. The molecule has 8 aromatic carbocycles. The predicted molar refractivity (Wildman–Crippen MR) is 328 cm³/mol. The summed E-state index contributed by atoms with van der Waals surface area (Å²) in [6.45, 7) is 0.0237. The zero-order valence-corrected chi connectivity index (χ0v) is 48.8. The number of carbonyl (C=O) groups is 3. The van der Waals surface area contributed by atoms with Crippen LogP contribution in [-0.2, 0) is 55.2 Å². The predicted octanol–water partition coefficient (Wildman–Crippen LogP) is 15.4. The number of hydrogen-bond donors (Lipinski definition) is 1. The average molecular weight is 1290 g/mol. The minimum Gasteiger partial charge on any atom is -0.493 e. The fourth-order valence-corrected chi connectivity index (χ4v) is 7.68. The Kier molecular flexibility index (Phi) is 27.4. The Hall–Kier alpha value is -10.1. The van der Waals surface area contributed by atoms with Crippen LogP contribution in [0.3, 0.4) is 0 Å². The molecule has 9 aromatic rings. The van der Waals surface area contributed by atoms with Gasteiger partial charge in [0.1, 0.15) is 12.1 Å². The first-order valence-corrected chi connectivity index (χ1v) is 25.8. The molecule has 0 bridgehead atoms. The van der Waals surface area contributed by atoms with Crippen molar-refractivity contribution < 1.29 is 74.2 Å². The molecule has 0 fully saturated rings. The molecule has 1 aromatic heterocycles. The van der Waals surface area contributed by atoms with Gasteiger partial charge >= 0.3 is 0 Å². The minimum atomic E-state index is -0.0114. The van der Waals surface area contributed by atoms with Crippen LogP contribution in [0.4, 0.5) is 11.4 Å². The summed E-state index contributed by atoms with van der Waals surface area (Å²) in [7, 11) is 3.08. The Bertz CT molecular complexity index is 3430. The molecule has 10 rings (SSSR count). The van der Waals surface area contributed by atoms with Crippen molar-refractivity contribution in [2.75, 3.05) is 26.3 Å². The van der Waals surface area contributed by atoms with Crippen LogP contribution >= 0.6 is 0 Å². The largest absolute Gasteiger partial charge is 0.493 e. The third kappa shape index (κ3) is 20.8. The Balaban J connectivity index is 0.000000208. The maximum Gasteiger partial charge on any atom is 0.231 e. The van der Waals surface area contributed by atoms with Gasteiger partial charge in [0.2, 0.25) is 6.79 Å². The molecule has 11 nitrogen and oxygen atoms in total. The SMILES string of the molecule is COc1cc2ncc(C#N)c(Nc3ccc(C#N)c4c3OCO4)c2cc1OC.O=C(C=Cc1ccccc1)C=Cc1ccccc1.O=C(C=Cc1ccccc1)C=Cc1ccccc1.O=C(C=Cc1ccccc1)C=Cc1ccccc1.[Pd].[Pd]. The van der Waals surface area contributed by atoms with Crippen LogP contribution in [0.15, 0.2) is 249 Å². The van der Waals surface area contributed by atoms with Crippen molar-refractivity contribution in [2.45, 2.75) is 0 Å². The Labute approximate surface area is 517 Å². The number of nitriles is 2. The van der Waals surface area contributed by atoms with Crippen LogP contribution in [0.25, 0.3) is 47.4 Å². The quantitative estimate of drug-likeness (QED) is 0.0724. The molecule has 13 heteroatoms. The standard InChI is InChI=1S/C20H14N4O4.3C17H14O.2Pd/c1-25-16-5-13-15(6-17(16)26-2)23-9-12(8-22)18(13)24-14-4-3-11(7-21)19-20(14)28-10-27-19;3*18-17(13-11-15-7-3-1-4-8-15)14-12-16-9-5-2-6-10-16;;/h3-6,9H,10H2,1-2H3,(H,23,24);3*1-14H;;. The minimum absolute atomic E-state index is 0. The van der Waals surface area contributed by atoms with Crippen LogP contribution in [0.1, 0.15) is 44.5 Å². The van der Waals surface area contributed by atoms with Crippen molar-refractivity contribution in [3.63, 3.8) is 0 Å². The number of carbonyl (C=O) groups excluding carboxylic acids is 3. The molecule has 0 saturated carbocycles. The van der Waals surface area contributed by atoms with E-state index in [0.717, 1.165) is 33.4 Å². The number of hydrogen-bond acceptors (Lipinski definition) is 11. The third-order valence-corrected chi connectivity index (χ3v) is 11.8. The number of nitrogens with zero attached hydrogens (tertiary/aromatic N) is 3. The van der Waals surface area contributed by atoms with E-state index in [1.54, 1.807) is 67.8 Å². The number of allylic oxidation sites excluding steroid dienone is 6. The first-order chi connectivity index (χ1) is 40.2. The second-order valence-electron chi connectivity index (χ2n) is 17.5. The molecule has 0 aliphatic carbocycles. The van der Waals surface area contributed by atoms with Crippen molar-refractivity contribution in [1.29, 1.82) is 10.5 Å². The van der Waals surface area contributed by atoms with Crippen molar-refractivity contribution in [3.05, 3.63) is 293 Å². The molecule has 0 spiro atoms. The van der Waals surface area contributed by atoms with E-state index in [2.05, 4.69) is 22.4 Å². The normalized spacial score (nSPS) is 11.0. The zero-order chi connectivity index (χ0) is 57.6. The van der Waals surface area contributed by atoms with Crippen LogP contribution in [0, 0.1) is 22.7 Å². The van der Waals surface area contributed by atoms with Crippen LogP contribution in [0.5, 0.6) is 23.0 Å². The molecule has 1 aliphatic heterocycles. The maximum atomic E-state index is 11.6. The molecule has 0 radical (unpaired) electrons. The summed E-state index contributed by atoms with van der Waals surface area (Å²) in [6.07, 6.45) is 21.9. The number of fused-ring (bicyclic) bond motifs is 2. The van der Waals surface area contributed by atoms with Gasteiger partial charge in [-0.15, -0.1) is 0 Å². The molecule has 0 unspecified atom stereocenters. The second-order valence-corrected chi connectivity index (χ2v) is 17.5. The van der Waals surface area contributed by atoms with Crippen molar-refractivity contribution in [1.82, 2.24) is 4.98 Å². The number of ketones is 3. The number of benzene rings is 8. The first kappa shape index (κ1) is 64.7. The monoisotopic (exact) mass is 1290 g/mol. The van der Waals surface area contributed by atoms with Gasteiger partial charge in [0.05, 0.1) is 42.2 Å². The van der Waals surface area contributed by atoms with Gasteiger partial charge in [0.25, 0.3) is 0 Å². The van der Waals surface area contributed by atoms with Crippen LogP contribution < -0.4 is 24.3 Å². The topological polar surface area (TPSA) is 161 Å². The van der Waals surface area contributed by atoms with Gasteiger partial charge < -0.3 is 24.3 Å². The molecular weight excluding hydrogens is 1230 g/mol. The van der Waals surface area contributed by atoms with E-state index >= 15 is 0 Å². The number of nitrogens with one attached hydrogen (secondary N) is 1. The Morgan fingerprint density at radius 1 is 0.452 bits per heavy atom. The molecule has 2 heterocycles. The number of pyridine rings is 1. The summed E-state index contributed by atoms with van der Waals surface area (Å²) < 4.78 is 21.7. The summed E-state index contributed by atoms with van der Waals surface area (Å²) in [5, 5.41) is 22.7. The van der Waals surface area contributed by atoms with E-state index in [4.69, 9.17) is 18.9 Å². The molecular formula is C71H56N4O7Pd2. The summed E-state index contributed by atoms with van der Waals surface area (Å²) >= 11 is 0. The van der Waals surface area contributed by atoms with E-state index in [1.165, 1.54) is 13.3 Å². The summed E-state index contributed by atoms with van der Waals surface area (Å²) in [5.41, 5.74) is 8.62. The van der Waals surface area contributed by atoms with Crippen LogP contribution in [0.2, 0.25) is 0 Å². The summed E-state index contributed by atoms with van der Waals surface area (Å²) in [5.74, 6) is 1.82. The number of anilines is 2. The number of methoxy groups -OCH3 is 2. The van der Waals surface area contributed by atoms with Crippen molar-refractivity contribution >= 4 is 76.1 Å². The van der Waals surface area contributed by atoms with E-state index < -0.39 is 0 Å². The summed E-state index contributed by atoms with van der Waals surface area (Å²) in [6, 6.07) is 69.7. The van der Waals surface area contributed by atoms with Crippen LogP contribution in [-0.4, -0.2) is 43.3 Å². The number of aromatic nitrogens is 1. The van der Waals surface area contributed by atoms with Gasteiger partial charge in [-0.1, -0.05) is 218 Å². The van der Waals surface area contributed by atoms with Gasteiger partial charge in [0, 0.05) is 58.5 Å². The third-order valence-electron chi connectivity index (χ3n) is 11.8. The fraction of sp³-hybridized carbons (Fsp3) is 0.0423. The maximum absolute atomic E-state index is 11.6. The molecule has 422 valence electrons. The van der Waals surface area contributed by atoms with E-state index in [1.807, 2.05) is 218 Å². The number of rotatable bonds is 16.